The van der Waals surface area contributed by atoms with Crippen LogP contribution >= 0.6 is 12.4 Å². The van der Waals surface area contributed by atoms with Crippen molar-refractivity contribution in [2.24, 2.45) is 12.8 Å². The number of aryl methyl sites for hydroxylation is 1. The van der Waals surface area contributed by atoms with Crippen LogP contribution in [0.2, 0.25) is 0 Å². The van der Waals surface area contributed by atoms with Gasteiger partial charge in [-0.25, -0.2) is 0 Å². The van der Waals surface area contributed by atoms with E-state index in [9.17, 15) is 4.79 Å². The molecular formula is C11H19ClN4O. The second-order valence-corrected chi connectivity index (χ2v) is 4.42. The van der Waals surface area contributed by atoms with Gasteiger partial charge in [0.05, 0.1) is 11.8 Å². The predicted molar refractivity (Wildman–Crippen MR) is 68.3 cm³/mol. The molecule has 0 aliphatic carbocycles. The number of nitrogens with two attached hydrogens (primary N) is 1. The number of carbonyl (C=O) groups is 1. The summed E-state index contributed by atoms with van der Waals surface area (Å²) in [4.78, 5) is 14.0. The molecule has 1 saturated heterocycles. The third kappa shape index (κ3) is 2.79. The first-order chi connectivity index (χ1) is 7.59. The van der Waals surface area contributed by atoms with Gasteiger partial charge in [-0.05, 0) is 19.8 Å². The quantitative estimate of drug-likeness (QED) is 0.807. The first-order valence-electron chi connectivity index (χ1n) is 5.63. The average molecular weight is 259 g/mol. The van der Waals surface area contributed by atoms with Crippen LogP contribution in [0.1, 0.15) is 28.9 Å². The summed E-state index contributed by atoms with van der Waals surface area (Å²) in [5, 5.41) is 4.09. The highest BCUT2D eigenvalue weighted by Gasteiger charge is 2.24. The minimum Gasteiger partial charge on any atom is -0.337 e. The lowest BCUT2D eigenvalue weighted by atomic mass is 10.1. The molecule has 0 aromatic carbocycles. The summed E-state index contributed by atoms with van der Waals surface area (Å²) < 4.78 is 1.72. The lowest BCUT2D eigenvalue weighted by Crippen LogP contribution is -2.45. The van der Waals surface area contributed by atoms with Crippen molar-refractivity contribution in [1.82, 2.24) is 14.7 Å². The number of halogens is 1. The van der Waals surface area contributed by atoms with Gasteiger partial charge in [0.2, 0.25) is 0 Å². The van der Waals surface area contributed by atoms with E-state index in [4.69, 9.17) is 5.73 Å². The fraction of sp³-hybridized carbons (Fsp3) is 0.636. The van der Waals surface area contributed by atoms with Crippen LogP contribution in [-0.4, -0.2) is 39.7 Å². The van der Waals surface area contributed by atoms with Crippen molar-refractivity contribution in [2.75, 3.05) is 13.1 Å². The maximum absolute atomic E-state index is 12.2. The summed E-state index contributed by atoms with van der Waals surface area (Å²) in [7, 11) is 1.84. The van der Waals surface area contributed by atoms with Crippen molar-refractivity contribution in [1.29, 1.82) is 0 Å². The van der Waals surface area contributed by atoms with Crippen LogP contribution in [0, 0.1) is 6.92 Å². The molecule has 5 nitrogen and oxygen atoms in total. The lowest BCUT2D eigenvalue weighted by Gasteiger charge is -2.30. The van der Waals surface area contributed by atoms with Crippen LogP contribution in [0.3, 0.4) is 0 Å². The van der Waals surface area contributed by atoms with E-state index in [0.29, 0.717) is 12.1 Å². The second kappa shape index (κ2) is 5.51. The molecule has 1 amide bonds. The van der Waals surface area contributed by atoms with Gasteiger partial charge in [-0.1, -0.05) is 0 Å². The predicted octanol–water partition coefficient (Wildman–Crippen LogP) is 0.714. The Morgan fingerprint density at radius 1 is 1.59 bits per heavy atom. The molecule has 0 unspecified atom stereocenters. The normalized spacial score (nSPS) is 19.9. The molecule has 0 spiro atoms. The Morgan fingerprint density at radius 3 is 2.82 bits per heavy atom. The molecule has 1 aromatic heterocycles. The zero-order valence-electron chi connectivity index (χ0n) is 10.2. The molecule has 1 aromatic rings. The van der Waals surface area contributed by atoms with Gasteiger partial charge in [-0.3, -0.25) is 9.48 Å². The monoisotopic (exact) mass is 258 g/mol. The van der Waals surface area contributed by atoms with Crippen LogP contribution in [0.4, 0.5) is 0 Å². The topological polar surface area (TPSA) is 64.2 Å². The maximum atomic E-state index is 12.2. The Hall–Kier alpha value is -1.07. The number of aromatic nitrogens is 2. The molecule has 0 bridgehead atoms. The first-order valence-corrected chi connectivity index (χ1v) is 5.63. The van der Waals surface area contributed by atoms with Gasteiger partial charge in [0, 0.05) is 31.9 Å². The fourth-order valence-electron chi connectivity index (χ4n) is 2.07. The van der Waals surface area contributed by atoms with Crippen LogP contribution < -0.4 is 5.73 Å². The standard InChI is InChI=1S/C11H18N4O.ClH/c1-8-10(6-13-14(8)2)11(16)15-5-3-4-9(12)7-15;/h6,9H,3-5,7,12H2,1-2H3;1H/t9-;/m1./s1. The molecular weight excluding hydrogens is 240 g/mol. The molecule has 2 rings (SSSR count). The maximum Gasteiger partial charge on any atom is 0.257 e. The number of hydrogen-bond acceptors (Lipinski definition) is 3. The minimum atomic E-state index is 0. The molecule has 96 valence electrons. The van der Waals surface area contributed by atoms with E-state index in [1.807, 2.05) is 18.9 Å². The number of rotatable bonds is 1. The molecule has 2 N–H and O–H groups in total. The van der Waals surface area contributed by atoms with Gasteiger partial charge in [-0.2, -0.15) is 5.10 Å². The third-order valence-corrected chi connectivity index (χ3v) is 3.21. The van der Waals surface area contributed by atoms with E-state index >= 15 is 0 Å². The Labute approximate surface area is 107 Å². The molecule has 1 aliphatic heterocycles. The zero-order chi connectivity index (χ0) is 11.7. The first kappa shape index (κ1) is 14.0. The van der Waals surface area contributed by atoms with E-state index in [1.54, 1.807) is 10.9 Å². The molecule has 2 heterocycles. The lowest BCUT2D eigenvalue weighted by molar-refractivity contribution is 0.0708. The third-order valence-electron chi connectivity index (χ3n) is 3.21. The number of piperidine rings is 1. The van der Waals surface area contributed by atoms with Crippen LogP contribution in [-0.2, 0) is 7.05 Å². The average Bonchev–Trinajstić information content (AvgIpc) is 2.59. The summed E-state index contributed by atoms with van der Waals surface area (Å²) in [6.45, 7) is 3.37. The largest absolute Gasteiger partial charge is 0.337 e. The highest BCUT2D eigenvalue weighted by molar-refractivity contribution is 5.95. The highest BCUT2D eigenvalue weighted by atomic mass is 35.5. The van der Waals surface area contributed by atoms with Crippen molar-refractivity contribution in [2.45, 2.75) is 25.8 Å². The smallest absolute Gasteiger partial charge is 0.257 e. The summed E-state index contributed by atoms with van der Waals surface area (Å²) in [5.41, 5.74) is 7.47. The Kier molecular flexibility index (Phi) is 4.54. The molecule has 17 heavy (non-hydrogen) atoms. The molecule has 1 atom stereocenters. The number of amides is 1. The van der Waals surface area contributed by atoms with Gasteiger partial charge in [0.25, 0.3) is 5.91 Å². The van der Waals surface area contributed by atoms with Crippen molar-refractivity contribution >= 4 is 18.3 Å². The SMILES string of the molecule is Cc1c(C(=O)N2CCC[C@@H](N)C2)cnn1C.Cl. The van der Waals surface area contributed by atoms with Gasteiger partial charge >= 0.3 is 0 Å². The van der Waals surface area contributed by atoms with E-state index in [-0.39, 0.29) is 24.4 Å². The minimum absolute atomic E-state index is 0. The number of nitrogens with zero attached hydrogens (tertiary/aromatic N) is 3. The molecule has 1 aliphatic rings. The summed E-state index contributed by atoms with van der Waals surface area (Å²) >= 11 is 0. The molecule has 0 saturated carbocycles. The number of likely N-dealkylation sites (tertiary alicyclic amines) is 1. The Morgan fingerprint density at radius 2 is 2.29 bits per heavy atom. The number of carbonyl (C=O) groups excluding carboxylic acids is 1. The van der Waals surface area contributed by atoms with Crippen molar-refractivity contribution in [3.05, 3.63) is 17.5 Å². The molecule has 0 radical (unpaired) electrons. The zero-order valence-corrected chi connectivity index (χ0v) is 11.0. The van der Waals surface area contributed by atoms with E-state index < -0.39 is 0 Å². The van der Waals surface area contributed by atoms with E-state index in [2.05, 4.69) is 5.10 Å². The molecule has 6 heteroatoms. The summed E-state index contributed by atoms with van der Waals surface area (Å²) in [6, 6.07) is 0.120. The Balaban J connectivity index is 0.00000144. The second-order valence-electron chi connectivity index (χ2n) is 4.42. The summed E-state index contributed by atoms with van der Waals surface area (Å²) in [5.74, 6) is 0.0563. The van der Waals surface area contributed by atoms with E-state index in [1.165, 1.54) is 0 Å². The van der Waals surface area contributed by atoms with Crippen LogP contribution in [0.5, 0.6) is 0 Å². The summed E-state index contributed by atoms with van der Waals surface area (Å²) in [6.07, 6.45) is 3.64. The van der Waals surface area contributed by atoms with Gasteiger partial charge < -0.3 is 10.6 Å². The van der Waals surface area contributed by atoms with Crippen molar-refractivity contribution in [3.63, 3.8) is 0 Å². The Bertz CT molecular complexity index is 404. The van der Waals surface area contributed by atoms with Gasteiger partial charge in [-0.15, -0.1) is 12.4 Å². The molecule has 1 fully saturated rings. The van der Waals surface area contributed by atoms with Crippen molar-refractivity contribution < 1.29 is 4.79 Å². The van der Waals surface area contributed by atoms with E-state index in [0.717, 1.165) is 25.1 Å². The van der Waals surface area contributed by atoms with Gasteiger partial charge in [0.15, 0.2) is 0 Å². The fourth-order valence-corrected chi connectivity index (χ4v) is 2.07. The van der Waals surface area contributed by atoms with Crippen LogP contribution in [0.25, 0.3) is 0 Å². The van der Waals surface area contributed by atoms with Crippen molar-refractivity contribution in [3.8, 4) is 0 Å². The van der Waals surface area contributed by atoms with Gasteiger partial charge in [0.1, 0.15) is 0 Å². The highest BCUT2D eigenvalue weighted by Crippen LogP contribution is 2.14. The number of hydrogen-bond donors (Lipinski definition) is 1. The van der Waals surface area contributed by atoms with Crippen LogP contribution in [0.15, 0.2) is 6.20 Å².